The zero-order chi connectivity index (χ0) is 22.1. The molecule has 5 nitrogen and oxygen atoms in total. The largest absolute Gasteiger partial charge is 0.488 e. The lowest BCUT2D eigenvalue weighted by atomic mass is 9.90. The van der Waals surface area contributed by atoms with Gasteiger partial charge < -0.3 is 14.0 Å². The lowest BCUT2D eigenvalue weighted by Gasteiger charge is -2.14. The molecule has 158 valence electrons. The van der Waals surface area contributed by atoms with Crippen molar-refractivity contribution in [3.05, 3.63) is 100 Å². The summed E-state index contributed by atoms with van der Waals surface area (Å²) in [4.78, 5) is 4.74. The lowest BCUT2D eigenvalue weighted by Crippen LogP contribution is -2.07. The van der Waals surface area contributed by atoms with Gasteiger partial charge in [0.05, 0.1) is 17.1 Å². The van der Waals surface area contributed by atoms with Crippen LogP contribution in [0, 0.1) is 11.3 Å². The Hall–Kier alpha value is -3.88. The Labute approximate surface area is 187 Å². The van der Waals surface area contributed by atoms with Crippen molar-refractivity contribution in [3.8, 4) is 11.8 Å². The van der Waals surface area contributed by atoms with E-state index in [1.807, 2.05) is 49.4 Å². The van der Waals surface area contributed by atoms with Crippen LogP contribution in [0.2, 0.25) is 0 Å². The molecule has 0 saturated heterocycles. The highest BCUT2D eigenvalue weighted by Crippen LogP contribution is 2.38. The summed E-state index contributed by atoms with van der Waals surface area (Å²) >= 11 is 0. The quantitative estimate of drug-likeness (QED) is 0.410. The van der Waals surface area contributed by atoms with E-state index in [1.165, 1.54) is 0 Å². The van der Waals surface area contributed by atoms with Crippen LogP contribution in [-0.4, -0.2) is 16.7 Å². The number of hydrogen-bond acceptors (Lipinski definition) is 4. The van der Waals surface area contributed by atoms with Gasteiger partial charge in [0.2, 0.25) is 0 Å². The molecule has 5 heteroatoms. The Kier molecular flexibility index (Phi) is 5.22. The summed E-state index contributed by atoms with van der Waals surface area (Å²) in [6.45, 7) is 3.45. The predicted octanol–water partition coefficient (Wildman–Crippen LogP) is 5.47. The molecule has 0 amide bonds. The van der Waals surface area contributed by atoms with Crippen molar-refractivity contribution in [3.63, 3.8) is 0 Å². The number of aromatic nitrogens is 2. The molecule has 0 saturated carbocycles. The van der Waals surface area contributed by atoms with E-state index in [-0.39, 0.29) is 0 Å². The number of nitriles is 1. The van der Waals surface area contributed by atoms with Gasteiger partial charge in [0.1, 0.15) is 24.8 Å². The minimum atomic E-state index is 0.451. The number of imidazole rings is 1. The fourth-order valence-corrected chi connectivity index (χ4v) is 4.39. The van der Waals surface area contributed by atoms with Gasteiger partial charge in [-0.25, -0.2) is 4.98 Å². The van der Waals surface area contributed by atoms with Crippen LogP contribution in [0.5, 0.6) is 5.75 Å². The molecule has 0 unspecified atom stereocenters. The third kappa shape index (κ3) is 3.45. The average molecular weight is 422 g/mol. The number of allylic oxidation sites excluding steroid dienone is 1. The summed E-state index contributed by atoms with van der Waals surface area (Å²) in [5, 5.41) is 9.67. The number of para-hydroxylation sites is 3. The van der Waals surface area contributed by atoms with Gasteiger partial charge in [-0.3, -0.25) is 0 Å². The molecule has 5 rings (SSSR count). The normalized spacial score (nSPS) is 14.2. The van der Waals surface area contributed by atoms with Gasteiger partial charge in [0, 0.05) is 30.4 Å². The Morgan fingerprint density at radius 3 is 2.75 bits per heavy atom. The van der Waals surface area contributed by atoms with E-state index in [0.29, 0.717) is 25.3 Å². The van der Waals surface area contributed by atoms with E-state index in [2.05, 4.69) is 34.9 Å². The third-order valence-electron chi connectivity index (χ3n) is 5.87. The van der Waals surface area contributed by atoms with E-state index >= 15 is 0 Å². The van der Waals surface area contributed by atoms with E-state index in [0.717, 1.165) is 50.4 Å². The molecule has 1 aliphatic heterocycles. The van der Waals surface area contributed by atoms with Crippen LogP contribution < -0.4 is 4.74 Å². The molecule has 0 N–H and O–H groups in total. The van der Waals surface area contributed by atoms with E-state index in [9.17, 15) is 5.26 Å². The van der Waals surface area contributed by atoms with Crippen LogP contribution in [0.15, 0.2) is 72.3 Å². The summed E-state index contributed by atoms with van der Waals surface area (Å²) in [5.74, 6) is 1.70. The second kappa shape index (κ2) is 8.33. The molecule has 1 aliphatic rings. The van der Waals surface area contributed by atoms with Crippen molar-refractivity contribution in [2.45, 2.75) is 26.7 Å². The van der Waals surface area contributed by atoms with Crippen molar-refractivity contribution >= 4 is 16.6 Å². The fourth-order valence-electron chi connectivity index (χ4n) is 4.39. The van der Waals surface area contributed by atoms with Crippen LogP contribution in [0.4, 0.5) is 0 Å². The predicted molar refractivity (Wildman–Crippen MR) is 124 cm³/mol. The SMILES string of the molecule is COCc1nc2ccccc2n1Cc1ccc2c(c1)COc1ccccc1/C2=C(\C)C#N. The molecule has 0 fully saturated rings. The van der Waals surface area contributed by atoms with E-state index < -0.39 is 0 Å². The summed E-state index contributed by atoms with van der Waals surface area (Å²) in [6.07, 6.45) is 0. The van der Waals surface area contributed by atoms with Gasteiger partial charge in [-0.2, -0.15) is 5.26 Å². The second-order valence-electron chi connectivity index (χ2n) is 7.92. The maximum Gasteiger partial charge on any atom is 0.136 e. The van der Waals surface area contributed by atoms with Gasteiger partial charge in [-0.05, 0) is 47.9 Å². The van der Waals surface area contributed by atoms with Crippen LogP contribution in [0.3, 0.4) is 0 Å². The molecular weight excluding hydrogens is 398 g/mol. The number of nitrogens with zero attached hydrogens (tertiary/aromatic N) is 3. The smallest absolute Gasteiger partial charge is 0.136 e. The Balaban J connectivity index is 1.60. The second-order valence-corrected chi connectivity index (χ2v) is 7.92. The van der Waals surface area contributed by atoms with Gasteiger partial charge in [-0.15, -0.1) is 0 Å². The summed E-state index contributed by atoms with van der Waals surface area (Å²) in [7, 11) is 1.69. The topological polar surface area (TPSA) is 60.1 Å². The zero-order valence-electron chi connectivity index (χ0n) is 18.1. The molecule has 2 heterocycles. The first-order valence-corrected chi connectivity index (χ1v) is 10.6. The maximum atomic E-state index is 9.67. The minimum Gasteiger partial charge on any atom is -0.488 e. The van der Waals surface area contributed by atoms with Gasteiger partial charge >= 0.3 is 0 Å². The molecular formula is C27H23N3O2. The van der Waals surface area contributed by atoms with Crippen LogP contribution in [-0.2, 0) is 24.5 Å². The van der Waals surface area contributed by atoms with Gasteiger partial charge in [-0.1, -0.05) is 42.5 Å². The van der Waals surface area contributed by atoms with E-state index in [1.54, 1.807) is 7.11 Å². The first-order valence-electron chi connectivity index (χ1n) is 10.6. The number of rotatable bonds is 4. The van der Waals surface area contributed by atoms with Crippen molar-refractivity contribution in [1.82, 2.24) is 9.55 Å². The molecule has 0 radical (unpaired) electrons. The molecule has 3 aromatic carbocycles. The first-order chi connectivity index (χ1) is 15.7. The van der Waals surface area contributed by atoms with Crippen molar-refractivity contribution in [2.75, 3.05) is 7.11 Å². The molecule has 0 aliphatic carbocycles. The number of fused-ring (bicyclic) bond motifs is 3. The molecule has 4 aromatic rings. The highest BCUT2D eigenvalue weighted by molar-refractivity contribution is 5.88. The average Bonchev–Trinajstić information content (AvgIpc) is 3.07. The summed E-state index contributed by atoms with van der Waals surface area (Å²) < 4.78 is 13.7. The van der Waals surface area contributed by atoms with Gasteiger partial charge in [0.25, 0.3) is 0 Å². The Morgan fingerprint density at radius 1 is 1.09 bits per heavy atom. The number of benzene rings is 3. The number of methoxy groups -OCH3 is 1. The fraction of sp³-hybridized carbons (Fsp3) is 0.185. The van der Waals surface area contributed by atoms with Crippen LogP contribution in [0.25, 0.3) is 16.6 Å². The summed E-state index contributed by atoms with van der Waals surface area (Å²) in [6, 6.07) is 24.8. The molecule has 1 aromatic heterocycles. The Bertz CT molecular complexity index is 1390. The highest BCUT2D eigenvalue weighted by atomic mass is 16.5. The van der Waals surface area contributed by atoms with Crippen LogP contribution >= 0.6 is 0 Å². The standard InChI is InChI=1S/C27H23N3O2/c1-18(14-28)27-21-12-11-19(13-20(21)16-32-25-10-6-3-7-22(25)27)15-30-24-9-5-4-8-23(24)29-26(30)17-31-2/h3-13H,15-17H2,1-2H3/b27-18+. The molecule has 0 spiro atoms. The first kappa shape index (κ1) is 20.0. The van der Waals surface area contributed by atoms with Crippen molar-refractivity contribution in [2.24, 2.45) is 0 Å². The van der Waals surface area contributed by atoms with Crippen molar-refractivity contribution in [1.29, 1.82) is 5.26 Å². The lowest BCUT2D eigenvalue weighted by molar-refractivity contribution is 0.175. The van der Waals surface area contributed by atoms with Gasteiger partial charge in [0.15, 0.2) is 0 Å². The molecule has 32 heavy (non-hydrogen) atoms. The van der Waals surface area contributed by atoms with Crippen molar-refractivity contribution < 1.29 is 9.47 Å². The van der Waals surface area contributed by atoms with Crippen LogP contribution in [0.1, 0.15) is 35.0 Å². The monoisotopic (exact) mass is 421 g/mol. The molecule has 0 atom stereocenters. The number of hydrogen-bond donors (Lipinski definition) is 0. The maximum absolute atomic E-state index is 9.67. The summed E-state index contributed by atoms with van der Waals surface area (Å²) in [5.41, 5.74) is 7.89. The highest BCUT2D eigenvalue weighted by Gasteiger charge is 2.21. The third-order valence-corrected chi connectivity index (χ3v) is 5.87. The minimum absolute atomic E-state index is 0.451. The molecule has 0 bridgehead atoms. The zero-order valence-corrected chi connectivity index (χ0v) is 18.1. The Morgan fingerprint density at radius 2 is 1.91 bits per heavy atom. The number of ether oxygens (including phenoxy) is 2. The van der Waals surface area contributed by atoms with E-state index in [4.69, 9.17) is 14.5 Å².